The normalized spacial score (nSPS) is 12.9. The first-order valence-electron chi connectivity index (χ1n) is 10.7. The Hall–Kier alpha value is -1.49. The third-order valence-electron chi connectivity index (χ3n) is 5.24. The van der Waals surface area contributed by atoms with Crippen LogP contribution in [-0.4, -0.2) is 27.0 Å². The van der Waals surface area contributed by atoms with Gasteiger partial charge < -0.3 is 9.16 Å². The molecule has 0 aromatic heterocycles. The summed E-state index contributed by atoms with van der Waals surface area (Å²) in [5.74, 6) is 11.7. The van der Waals surface area contributed by atoms with Crippen molar-refractivity contribution in [1.82, 2.24) is 0 Å². The Balaban J connectivity index is 4.95. The van der Waals surface area contributed by atoms with E-state index in [0.717, 1.165) is 31.3 Å². The molecule has 0 bridgehead atoms. The molecule has 0 radical (unpaired) electrons. The average molecular weight is 419 g/mol. The predicted octanol–water partition coefficient (Wildman–Crippen LogP) is 6.50. The van der Waals surface area contributed by atoms with Crippen molar-refractivity contribution in [2.75, 3.05) is 6.61 Å². The van der Waals surface area contributed by atoms with Crippen molar-refractivity contribution in [1.29, 1.82) is 0 Å². The molecule has 0 spiro atoms. The average Bonchev–Trinajstić information content (AvgIpc) is 2.54. The summed E-state index contributed by atoms with van der Waals surface area (Å²) in [7, 11) is -1.93. The highest BCUT2D eigenvalue weighted by atomic mass is 28.4. The lowest BCUT2D eigenvalue weighted by Gasteiger charge is -2.42. The molecule has 0 aliphatic rings. The van der Waals surface area contributed by atoms with E-state index in [9.17, 15) is 4.79 Å². The molecule has 0 aliphatic carbocycles. The molecule has 0 saturated carbocycles. The Morgan fingerprint density at radius 1 is 1.07 bits per heavy atom. The molecule has 0 aromatic carbocycles. The van der Waals surface area contributed by atoms with Crippen LogP contribution in [0.5, 0.6) is 0 Å². The monoisotopic (exact) mass is 418 g/mol. The minimum atomic E-state index is -1.93. The van der Waals surface area contributed by atoms with Gasteiger partial charge in [-0.1, -0.05) is 52.0 Å². The summed E-state index contributed by atoms with van der Waals surface area (Å²) >= 11 is 0. The highest BCUT2D eigenvalue weighted by Gasteiger charge is 2.42. The second-order valence-corrected chi connectivity index (χ2v) is 14.7. The second kappa shape index (κ2) is 12.3. The van der Waals surface area contributed by atoms with Crippen molar-refractivity contribution < 1.29 is 14.0 Å². The number of unbranched alkanes of at least 4 members (excludes halogenated alkanes) is 3. The third kappa shape index (κ3) is 11.3. The molecule has 0 rings (SSSR count). The van der Waals surface area contributed by atoms with Crippen LogP contribution in [0, 0.1) is 29.1 Å². The smallest absolute Gasteiger partial charge is 0.384 e. The Labute approximate surface area is 181 Å². The van der Waals surface area contributed by atoms with Crippen LogP contribution in [0.15, 0.2) is 12.2 Å². The van der Waals surface area contributed by atoms with Gasteiger partial charge in [0.1, 0.15) is 6.10 Å². The Morgan fingerprint density at radius 3 is 2.10 bits per heavy atom. The Kier molecular flexibility index (Phi) is 11.6. The number of carbonyl (C=O) groups excluding carboxylic acids is 1. The molecule has 4 heteroatoms. The molecular weight excluding hydrogens is 376 g/mol. The van der Waals surface area contributed by atoms with Gasteiger partial charge in [0.05, 0.1) is 6.61 Å². The summed E-state index contributed by atoms with van der Waals surface area (Å²) in [6.07, 6.45) is 4.16. The van der Waals surface area contributed by atoms with E-state index >= 15 is 0 Å². The minimum Gasteiger partial charge on any atom is -0.456 e. The number of esters is 1. The van der Waals surface area contributed by atoms with Gasteiger partial charge in [-0.15, -0.1) is 12.5 Å². The summed E-state index contributed by atoms with van der Waals surface area (Å²) in [6, 6.07) is 0. The molecule has 0 amide bonds. The highest BCUT2D eigenvalue weighted by Crippen LogP contribution is 2.41. The van der Waals surface area contributed by atoms with Crippen LogP contribution in [0.3, 0.4) is 0 Å². The first kappa shape index (κ1) is 27.5. The zero-order valence-electron chi connectivity index (χ0n) is 20.3. The maximum Gasteiger partial charge on any atom is 0.384 e. The minimum absolute atomic E-state index is 0.0839. The van der Waals surface area contributed by atoms with Gasteiger partial charge in [-0.2, -0.15) is 0 Å². The first-order valence-corrected chi connectivity index (χ1v) is 13.6. The molecule has 0 N–H and O–H groups in total. The van der Waals surface area contributed by atoms with Gasteiger partial charge >= 0.3 is 5.97 Å². The van der Waals surface area contributed by atoms with Gasteiger partial charge in [-0.05, 0) is 51.2 Å². The van der Waals surface area contributed by atoms with Gasteiger partial charge in [0, 0.05) is 24.2 Å². The molecule has 0 saturated heterocycles. The van der Waals surface area contributed by atoms with Crippen molar-refractivity contribution in [2.45, 2.75) is 105 Å². The topological polar surface area (TPSA) is 35.5 Å². The number of ether oxygens (including phenoxy) is 1. The van der Waals surface area contributed by atoms with E-state index in [1.165, 1.54) is 0 Å². The lowest BCUT2D eigenvalue weighted by Crippen LogP contribution is -2.47. The lowest BCUT2D eigenvalue weighted by molar-refractivity contribution is -0.136. The van der Waals surface area contributed by atoms with E-state index in [2.05, 4.69) is 84.9 Å². The first-order chi connectivity index (χ1) is 13.2. The second-order valence-electron chi connectivity index (χ2n) is 9.93. The number of allylic oxidation sites excluding steroid dienone is 1. The van der Waals surface area contributed by atoms with Gasteiger partial charge in [0.2, 0.25) is 0 Å². The van der Waals surface area contributed by atoms with Crippen molar-refractivity contribution in [3.05, 3.63) is 12.2 Å². The molecule has 29 heavy (non-hydrogen) atoms. The maximum atomic E-state index is 11.2. The van der Waals surface area contributed by atoms with E-state index in [1.807, 2.05) is 0 Å². The largest absolute Gasteiger partial charge is 0.456 e. The van der Waals surface area contributed by atoms with E-state index in [4.69, 9.17) is 9.16 Å². The summed E-state index contributed by atoms with van der Waals surface area (Å²) in [5.41, 5.74) is 1.07. The fourth-order valence-electron chi connectivity index (χ4n) is 2.62. The summed E-state index contributed by atoms with van der Waals surface area (Å²) in [5, 5.41) is 0.143. The van der Waals surface area contributed by atoms with Crippen LogP contribution in [0.1, 0.15) is 80.6 Å². The molecular formula is C25H42O3Si. The van der Waals surface area contributed by atoms with E-state index in [0.29, 0.717) is 13.0 Å². The molecule has 0 aliphatic heterocycles. The van der Waals surface area contributed by atoms with Crippen LogP contribution in [-0.2, 0) is 14.0 Å². The van der Waals surface area contributed by atoms with Crippen molar-refractivity contribution in [3.63, 3.8) is 0 Å². The highest BCUT2D eigenvalue weighted by molar-refractivity contribution is 6.74. The van der Waals surface area contributed by atoms with E-state index in [1.54, 1.807) is 6.92 Å². The predicted molar refractivity (Wildman–Crippen MR) is 126 cm³/mol. The summed E-state index contributed by atoms with van der Waals surface area (Å²) in [6.45, 7) is 24.1. The Morgan fingerprint density at radius 2 is 1.62 bits per heavy atom. The van der Waals surface area contributed by atoms with Crippen molar-refractivity contribution in [3.8, 4) is 23.7 Å². The number of carbonyl (C=O) groups is 1. The van der Waals surface area contributed by atoms with Crippen LogP contribution in [0.4, 0.5) is 0 Å². The molecule has 0 fully saturated rings. The van der Waals surface area contributed by atoms with Crippen LogP contribution in [0.25, 0.3) is 0 Å². The lowest BCUT2D eigenvalue weighted by atomic mass is 9.81. The zero-order chi connectivity index (χ0) is 22.7. The van der Waals surface area contributed by atoms with Gasteiger partial charge in [-0.25, -0.2) is 4.79 Å². The molecule has 1 atom stereocenters. The third-order valence-corrected chi connectivity index (χ3v) is 9.68. The molecule has 164 valence electrons. The van der Waals surface area contributed by atoms with Crippen LogP contribution in [0.2, 0.25) is 18.1 Å². The number of rotatable bonds is 9. The molecule has 1 unspecified atom stereocenters. The quantitative estimate of drug-likeness (QED) is 0.107. The molecule has 0 heterocycles. The van der Waals surface area contributed by atoms with Gasteiger partial charge in [0.25, 0.3) is 0 Å². The fourth-order valence-corrected chi connectivity index (χ4v) is 3.94. The van der Waals surface area contributed by atoms with Crippen LogP contribution < -0.4 is 0 Å². The molecule has 3 nitrogen and oxygen atoms in total. The Bertz CT molecular complexity index is 660. The van der Waals surface area contributed by atoms with Gasteiger partial charge in [0.15, 0.2) is 8.32 Å². The van der Waals surface area contributed by atoms with Crippen LogP contribution >= 0.6 is 0 Å². The van der Waals surface area contributed by atoms with E-state index in [-0.39, 0.29) is 16.6 Å². The summed E-state index contributed by atoms with van der Waals surface area (Å²) < 4.78 is 11.5. The number of hydrogen-bond acceptors (Lipinski definition) is 3. The maximum absolute atomic E-state index is 11.2. The van der Waals surface area contributed by atoms with Crippen molar-refractivity contribution in [2.24, 2.45) is 5.41 Å². The van der Waals surface area contributed by atoms with Gasteiger partial charge in [-0.3, -0.25) is 0 Å². The van der Waals surface area contributed by atoms with E-state index < -0.39 is 14.3 Å². The van der Waals surface area contributed by atoms with Crippen molar-refractivity contribution >= 4 is 14.3 Å². The SMILES string of the molecule is C=C(C)CC(C)(C)C(C#CCCCCC#CC(=O)OCC)O[Si](C)(C)C(C)(C)C. The standard InChI is InChI=1S/C25H42O3Si/c1-11-27-23(26)19-17-15-13-12-14-16-18-22(25(7,8)20-21(2)3)28-29(9,10)24(4,5)6/h22H,2,11-15,20H2,1,3-10H3. The zero-order valence-corrected chi connectivity index (χ0v) is 21.3. The fraction of sp³-hybridized carbons (Fsp3) is 0.720. The number of hydrogen-bond donors (Lipinski definition) is 0. The molecule has 0 aromatic rings. The summed E-state index contributed by atoms with van der Waals surface area (Å²) in [4.78, 5) is 11.2.